The zero-order valence-electron chi connectivity index (χ0n) is 19.5. The summed E-state index contributed by atoms with van der Waals surface area (Å²) in [6.45, 7) is 3.14. The number of aliphatic hydroxyl groups excluding tert-OH is 1. The summed E-state index contributed by atoms with van der Waals surface area (Å²) in [7, 11) is 3.80. The predicted molar refractivity (Wildman–Crippen MR) is 127 cm³/mol. The first-order chi connectivity index (χ1) is 16.2. The van der Waals surface area contributed by atoms with Crippen molar-refractivity contribution in [2.24, 2.45) is 0 Å². The second-order valence-electron chi connectivity index (χ2n) is 8.86. The molecule has 2 aromatic carbocycles. The molecule has 4 rings (SSSR count). The van der Waals surface area contributed by atoms with Crippen molar-refractivity contribution < 1.29 is 23.9 Å². The van der Waals surface area contributed by atoms with E-state index in [-0.39, 0.29) is 17.7 Å². The third-order valence-corrected chi connectivity index (χ3v) is 6.36. The highest BCUT2D eigenvalue weighted by atomic mass is 19.1. The highest BCUT2D eigenvalue weighted by Gasteiger charge is 2.66. The van der Waals surface area contributed by atoms with E-state index < -0.39 is 34.7 Å². The number of nitrogens with zero attached hydrogens (tertiary/aromatic N) is 3. The molecule has 2 heterocycles. The lowest BCUT2D eigenvalue weighted by molar-refractivity contribution is -0.143. The number of benzene rings is 2. The Bertz CT molecular complexity index is 1170. The second kappa shape index (κ2) is 9.02. The van der Waals surface area contributed by atoms with Gasteiger partial charge in [0.1, 0.15) is 11.6 Å². The maximum Gasteiger partial charge on any atom is 0.296 e. The van der Waals surface area contributed by atoms with Gasteiger partial charge in [-0.3, -0.25) is 14.4 Å². The van der Waals surface area contributed by atoms with E-state index in [4.69, 9.17) is 0 Å². The number of hydrogen-bond acceptors (Lipinski definition) is 5. The minimum absolute atomic E-state index is 0.156. The summed E-state index contributed by atoms with van der Waals surface area (Å²) in [6.07, 6.45) is 1.20. The largest absolute Gasteiger partial charge is 0.507 e. The first-order valence-electron chi connectivity index (χ1n) is 11.4. The fourth-order valence-electron chi connectivity index (χ4n) is 4.91. The van der Waals surface area contributed by atoms with Crippen LogP contribution in [0.1, 0.15) is 30.9 Å². The van der Waals surface area contributed by atoms with Crippen molar-refractivity contribution in [3.8, 4) is 0 Å². The zero-order chi connectivity index (χ0) is 24.6. The first-order valence-corrected chi connectivity index (χ1v) is 11.4. The molecule has 0 aromatic heterocycles. The van der Waals surface area contributed by atoms with E-state index in [1.807, 2.05) is 25.9 Å². The van der Waals surface area contributed by atoms with Gasteiger partial charge in [0.15, 0.2) is 5.54 Å². The molecule has 178 valence electrons. The van der Waals surface area contributed by atoms with Crippen LogP contribution in [0.2, 0.25) is 0 Å². The number of Topliss-reactive ketones (excluding diaryl/α,β-unsaturated/α-hetero) is 1. The fourth-order valence-corrected chi connectivity index (χ4v) is 4.91. The number of carbonyl (C=O) groups excluding carboxylic acids is 3. The normalized spacial score (nSPS) is 21.3. The smallest absolute Gasteiger partial charge is 0.296 e. The standard InChI is InChI=1S/C26H28FN3O4/c1-4-14-29-20-9-6-5-8-19(20)26(25(29)34)21(22(31)17-10-12-18(27)13-11-17)23(32)24(33)30(26)16-7-15-28(2)3/h5-6,8-13,31H,4,7,14-16H2,1-3H3/b22-21-. The molecule has 2 aromatic rings. The van der Waals surface area contributed by atoms with Crippen molar-refractivity contribution in [3.05, 3.63) is 71.0 Å². The van der Waals surface area contributed by atoms with Crippen molar-refractivity contribution in [2.75, 3.05) is 38.6 Å². The SMILES string of the molecule is CCCN1C(=O)C2(/C(=C(\O)c3ccc(F)cc3)C(=O)C(=O)N2CCCN(C)C)c2ccccc21. The summed E-state index contributed by atoms with van der Waals surface area (Å²) in [4.78, 5) is 45.7. The fraction of sp³-hybridized carbons (Fsp3) is 0.346. The maximum absolute atomic E-state index is 14.1. The van der Waals surface area contributed by atoms with E-state index in [9.17, 15) is 23.9 Å². The summed E-state index contributed by atoms with van der Waals surface area (Å²) in [5.74, 6) is -3.19. The number of hydrogen-bond donors (Lipinski definition) is 1. The van der Waals surface area contributed by atoms with Crippen LogP contribution in [0.3, 0.4) is 0 Å². The molecule has 1 atom stereocenters. The molecule has 2 amide bonds. The number of fused-ring (bicyclic) bond motifs is 2. The van der Waals surface area contributed by atoms with E-state index >= 15 is 0 Å². The van der Waals surface area contributed by atoms with Crippen LogP contribution >= 0.6 is 0 Å². The lowest BCUT2D eigenvalue weighted by Crippen LogP contribution is -2.52. The summed E-state index contributed by atoms with van der Waals surface area (Å²) < 4.78 is 13.5. The van der Waals surface area contributed by atoms with Gasteiger partial charge in [-0.15, -0.1) is 0 Å². The third kappa shape index (κ3) is 3.49. The molecule has 1 saturated heterocycles. The lowest BCUT2D eigenvalue weighted by atomic mass is 9.82. The van der Waals surface area contributed by atoms with E-state index in [1.165, 1.54) is 17.0 Å². The quantitative estimate of drug-likeness (QED) is 0.386. The van der Waals surface area contributed by atoms with Crippen molar-refractivity contribution in [1.29, 1.82) is 0 Å². The molecule has 1 N–H and O–H groups in total. The van der Waals surface area contributed by atoms with Crippen molar-refractivity contribution in [3.63, 3.8) is 0 Å². The maximum atomic E-state index is 14.1. The zero-order valence-corrected chi connectivity index (χ0v) is 19.5. The van der Waals surface area contributed by atoms with Crippen molar-refractivity contribution in [2.45, 2.75) is 25.3 Å². The molecule has 2 aliphatic rings. The average Bonchev–Trinajstić information content (AvgIpc) is 3.18. The summed E-state index contributed by atoms with van der Waals surface area (Å²) in [6, 6.07) is 12.0. The number of halogens is 1. The van der Waals surface area contributed by atoms with Gasteiger partial charge in [-0.25, -0.2) is 4.39 Å². The van der Waals surface area contributed by atoms with E-state index in [0.717, 1.165) is 12.1 Å². The van der Waals surface area contributed by atoms with Crippen LogP contribution in [-0.4, -0.2) is 66.2 Å². The number of rotatable bonds is 7. The van der Waals surface area contributed by atoms with Gasteiger partial charge >= 0.3 is 0 Å². The molecule has 1 fully saturated rings. The Kier molecular flexibility index (Phi) is 6.27. The van der Waals surface area contributed by atoms with Crippen LogP contribution in [0.4, 0.5) is 10.1 Å². The highest BCUT2D eigenvalue weighted by molar-refractivity contribution is 6.50. The van der Waals surface area contributed by atoms with Gasteiger partial charge in [0.05, 0.1) is 11.3 Å². The van der Waals surface area contributed by atoms with E-state index in [1.54, 1.807) is 29.2 Å². The molecule has 34 heavy (non-hydrogen) atoms. The van der Waals surface area contributed by atoms with Crippen LogP contribution < -0.4 is 4.90 Å². The van der Waals surface area contributed by atoms with Crippen molar-refractivity contribution in [1.82, 2.24) is 9.80 Å². The Morgan fingerprint density at radius 1 is 1.03 bits per heavy atom. The van der Waals surface area contributed by atoms with Crippen LogP contribution in [0.5, 0.6) is 0 Å². The summed E-state index contributed by atoms with van der Waals surface area (Å²) in [5.41, 5.74) is -0.790. The number of anilines is 1. The number of likely N-dealkylation sites (tertiary alicyclic amines) is 1. The molecule has 0 radical (unpaired) electrons. The van der Waals surface area contributed by atoms with E-state index in [2.05, 4.69) is 0 Å². The van der Waals surface area contributed by atoms with Gasteiger partial charge in [0.2, 0.25) is 0 Å². The molecule has 1 spiro atoms. The third-order valence-electron chi connectivity index (χ3n) is 6.36. The Morgan fingerprint density at radius 3 is 2.35 bits per heavy atom. The van der Waals surface area contributed by atoms with Gasteiger partial charge < -0.3 is 19.8 Å². The Balaban J connectivity index is 1.99. The van der Waals surface area contributed by atoms with Crippen LogP contribution in [0, 0.1) is 5.82 Å². The predicted octanol–water partition coefficient (Wildman–Crippen LogP) is 3.11. The number of ketones is 1. The highest BCUT2D eigenvalue weighted by Crippen LogP contribution is 2.53. The minimum atomic E-state index is -1.77. The molecular formula is C26H28FN3O4. The lowest BCUT2D eigenvalue weighted by Gasteiger charge is -2.34. The Hall–Kier alpha value is -3.52. The molecule has 8 heteroatoms. The number of amides is 2. The van der Waals surface area contributed by atoms with Gasteiger partial charge in [0, 0.05) is 24.2 Å². The average molecular weight is 466 g/mol. The topological polar surface area (TPSA) is 81.2 Å². The summed E-state index contributed by atoms with van der Waals surface area (Å²) >= 11 is 0. The molecule has 0 bridgehead atoms. The molecule has 0 aliphatic carbocycles. The van der Waals surface area contributed by atoms with Crippen LogP contribution in [-0.2, 0) is 19.9 Å². The van der Waals surface area contributed by atoms with E-state index in [0.29, 0.717) is 37.2 Å². The number of carbonyl (C=O) groups is 3. The molecule has 2 aliphatic heterocycles. The summed E-state index contributed by atoms with van der Waals surface area (Å²) in [5, 5.41) is 11.3. The van der Waals surface area contributed by atoms with Crippen LogP contribution in [0.15, 0.2) is 54.1 Å². The molecule has 1 unspecified atom stereocenters. The number of para-hydroxylation sites is 1. The van der Waals surface area contributed by atoms with Gasteiger partial charge in [0.25, 0.3) is 17.6 Å². The second-order valence-corrected chi connectivity index (χ2v) is 8.86. The van der Waals surface area contributed by atoms with Gasteiger partial charge in [-0.05, 0) is 63.8 Å². The first kappa shape index (κ1) is 23.6. The molecule has 0 saturated carbocycles. The van der Waals surface area contributed by atoms with Gasteiger partial charge in [-0.2, -0.15) is 0 Å². The molecule has 7 nitrogen and oxygen atoms in total. The minimum Gasteiger partial charge on any atom is -0.507 e. The van der Waals surface area contributed by atoms with Crippen molar-refractivity contribution >= 4 is 29.0 Å². The molecular weight excluding hydrogens is 437 g/mol. The monoisotopic (exact) mass is 465 g/mol. The number of aliphatic hydroxyl groups is 1. The van der Waals surface area contributed by atoms with Gasteiger partial charge in [-0.1, -0.05) is 25.1 Å². The Labute approximate surface area is 198 Å². The Morgan fingerprint density at radius 2 is 1.71 bits per heavy atom. The van der Waals surface area contributed by atoms with Crippen LogP contribution in [0.25, 0.3) is 5.76 Å².